The van der Waals surface area contributed by atoms with Gasteiger partial charge in [-0.15, -0.1) is 0 Å². The number of amides is 2. The smallest absolute Gasteiger partial charge is 0.336 e. The van der Waals surface area contributed by atoms with Gasteiger partial charge in [-0.3, -0.25) is 9.59 Å². The van der Waals surface area contributed by atoms with Crippen molar-refractivity contribution < 1.29 is 24.2 Å². The molecule has 2 amide bonds. The van der Waals surface area contributed by atoms with E-state index in [1.54, 1.807) is 44.2 Å². The highest BCUT2D eigenvalue weighted by molar-refractivity contribution is 6.00. The lowest BCUT2D eigenvalue weighted by Gasteiger charge is -2.12. The first-order valence-corrected chi connectivity index (χ1v) is 8.47. The van der Waals surface area contributed by atoms with Gasteiger partial charge in [-0.1, -0.05) is 6.07 Å². The van der Waals surface area contributed by atoms with Crippen LogP contribution >= 0.6 is 0 Å². The zero-order valence-electron chi connectivity index (χ0n) is 15.5. The first-order chi connectivity index (χ1) is 12.8. The summed E-state index contributed by atoms with van der Waals surface area (Å²) in [5, 5.41) is 14.4. The number of hydrogen-bond donors (Lipinski definition) is 3. The van der Waals surface area contributed by atoms with Crippen LogP contribution in [0.15, 0.2) is 36.4 Å². The van der Waals surface area contributed by atoms with Crippen LogP contribution in [0, 0.1) is 13.8 Å². The molecule has 0 atom stereocenters. The molecule has 0 aliphatic rings. The lowest BCUT2D eigenvalue weighted by atomic mass is 10.0. The predicted molar refractivity (Wildman–Crippen MR) is 101 cm³/mol. The molecule has 3 N–H and O–H groups in total. The van der Waals surface area contributed by atoms with E-state index in [1.165, 1.54) is 6.07 Å². The summed E-state index contributed by atoms with van der Waals surface area (Å²) in [6, 6.07) is 9.70. The van der Waals surface area contributed by atoms with E-state index in [2.05, 4.69) is 10.6 Å². The van der Waals surface area contributed by atoms with Crippen LogP contribution in [0.3, 0.4) is 0 Å². The Kier molecular flexibility index (Phi) is 6.54. The minimum absolute atomic E-state index is 0.120. The highest BCUT2D eigenvalue weighted by atomic mass is 16.5. The van der Waals surface area contributed by atoms with Gasteiger partial charge in [0.15, 0.2) is 0 Å². The van der Waals surface area contributed by atoms with Crippen LogP contribution in [0.1, 0.15) is 38.8 Å². The number of nitrogens with one attached hydrogen (secondary N) is 2. The first-order valence-electron chi connectivity index (χ1n) is 8.47. The molecule has 0 aliphatic carbocycles. The second kappa shape index (κ2) is 8.84. The maximum absolute atomic E-state index is 12.1. The van der Waals surface area contributed by atoms with Crippen molar-refractivity contribution >= 4 is 23.5 Å². The minimum Gasteiger partial charge on any atom is -0.494 e. The number of rotatable bonds is 7. The van der Waals surface area contributed by atoms with E-state index in [0.717, 1.165) is 5.56 Å². The van der Waals surface area contributed by atoms with Gasteiger partial charge >= 0.3 is 5.97 Å². The van der Waals surface area contributed by atoms with Gasteiger partial charge in [-0.25, -0.2) is 4.79 Å². The Morgan fingerprint density at radius 1 is 1.04 bits per heavy atom. The maximum Gasteiger partial charge on any atom is 0.336 e. The fraction of sp³-hybridized carbons (Fsp3) is 0.250. The van der Waals surface area contributed by atoms with Gasteiger partial charge in [0, 0.05) is 11.3 Å². The summed E-state index contributed by atoms with van der Waals surface area (Å²) < 4.78 is 5.31. The lowest BCUT2D eigenvalue weighted by molar-refractivity contribution is -0.115. The summed E-state index contributed by atoms with van der Waals surface area (Å²) in [4.78, 5) is 35.5. The van der Waals surface area contributed by atoms with Crippen molar-refractivity contribution in [1.82, 2.24) is 5.32 Å². The summed E-state index contributed by atoms with van der Waals surface area (Å²) in [7, 11) is 0. The number of carboxylic acid groups (broad SMARTS) is 1. The van der Waals surface area contributed by atoms with Crippen molar-refractivity contribution in [2.75, 3.05) is 18.5 Å². The Labute approximate surface area is 157 Å². The fourth-order valence-corrected chi connectivity index (χ4v) is 2.54. The third kappa shape index (κ3) is 5.31. The van der Waals surface area contributed by atoms with Crippen molar-refractivity contribution in [2.24, 2.45) is 0 Å². The highest BCUT2D eigenvalue weighted by Gasteiger charge is 2.13. The van der Waals surface area contributed by atoms with E-state index in [4.69, 9.17) is 4.74 Å². The number of aryl methyl sites for hydroxylation is 2. The Hall–Kier alpha value is -3.35. The number of carboxylic acids is 1. The van der Waals surface area contributed by atoms with Gasteiger partial charge < -0.3 is 20.5 Å². The molecule has 27 heavy (non-hydrogen) atoms. The van der Waals surface area contributed by atoms with Gasteiger partial charge in [-0.05, 0) is 62.2 Å². The molecular formula is C20H22N2O5. The summed E-state index contributed by atoms with van der Waals surface area (Å²) in [6.07, 6.45) is 0. The molecule has 0 unspecified atom stereocenters. The molecule has 0 spiro atoms. The Balaban J connectivity index is 1.97. The number of hydrogen-bond acceptors (Lipinski definition) is 4. The van der Waals surface area contributed by atoms with E-state index in [1.807, 2.05) is 6.92 Å². The van der Waals surface area contributed by atoms with Crippen molar-refractivity contribution in [3.05, 3.63) is 58.7 Å². The number of carbonyl (C=O) groups is 3. The second-order valence-corrected chi connectivity index (χ2v) is 5.98. The van der Waals surface area contributed by atoms with E-state index in [0.29, 0.717) is 29.2 Å². The molecule has 142 valence electrons. The third-order valence-electron chi connectivity index (χ3n) is 3.91. The fourth-order valence-electron chi connectivity index (χ4n) is 2.54. The molecule has 0 fully saturated rings. The van der Waals surface area contributed by atoms with Crippen LogP contribution in [0.25, 0.3) is 0 Å². The van der Waals surface area contributed by atoms with Crippen molar-refractivity contribution in [1.29, 1.82) is 0 Å². The van der Waals surface area contributed by atoms with Crippen LogP contribution in [-0.4, -0.2) is 36.0 Å². The topological polar surface area (TPSA) is 105 Å². The molecule has 0 saturated carbocycles. The maximum atomic E-state index is 12.1. The summed E-state index contributed by atoms with van der Waals surface area (Å²) >= 11 is 0. The van der Waals surface area contributed by atoms with Gasteiger partial charge in [-0.2, -0.15) is 0 Å². The molecule has 7 nitrogen and oxygen atoms in total. The van der Waals surface area contributed by atoms with Gasteiger partial charge in [0.05, 0.1) is 18.7 Å². The molecule has 2 aromatic carbocycles. The molecule has 0 aromatic heterocycles. The van der Waals surface area contributed by atoms with E-state index >= 15 is 0 Å². The van der Waals surface area contributed by atoms with Crippen molar-refractivity contribution in [3.63, 3.8) is 0 Å². The average molecular weight is 370 g/mol. The molecule has 0 aliphatic heterocycles. The third-order valence-corrected chi connectivity index (χ3v) is 3.91. The molecule has 2 rings (SSSR count). The standard InChI is InChI=1S/C20H22N2O5/c1-4-27-15-7-5-14(6-8-15)19(24)21-11-18(23)22-17-10-16(20(25)26)12(2)9-13(17)3/h5-10H,4,11H2,1-3H3,(H,21,24)(H,22,23)(H,25,26). The number of benzene rings is 2. The van der Waals surface area contributed by atoms with Crippen LogP contribution in [0.5, 0.6) is 5.75 Å². The van der Waals surface area contributed by atoms with Gasteiger partial charge in [0.2, 0.25) is 5.91 Å². The Morgan fingerprint density at radius 2 is 1.70 bits per heavy atom. The quantitative estimate of drug-likeness (QED) is 0.695. The summed E-state index contributed by atoms with van der Waals surface area (Å²) in [6.45, 7) is 5.63. The Morgan fingerprint density at radius 3 is 2.30 bits per heavy atom. The van der Waals surface area contributed by atoms with Crippen LogP contribution in [-0.2, 0) is 4.79 Å². The van der Waals surface area contributed by atoms with E-state index in [9.17, 15) is 19.5 Å². The van der Waals surface area contributed by atoms with Gasteiger partial charge in [0.25, 0.3) is 5.91 Å². The average Bonchev–Trinajstić information content (AvgIpc) is 2.62. The number of aromatic carboxylic acids is 1. The normalized spacial score (nSPS) is 10.2. The van der Waals surface area contributed by atoms with E-state index < -0.39 is 11.9 Å². The van der Waals surface area contributed by atoms with Gasteiger partial charge in [0.1, 0.15) is 5.75 Å². The molecule has 7 heteroatoms. The SMILES string of the molecule is CCOc1ccc(C(=O)NCC(=O)Nc2cc(C(=O)O)c(C)cc2C)cc1. The number of carbonyl (C=O) groups excluding carboxylic acids is 2. The summed E-state index contributed by atoms with van der Waals surface area (Å²) in [5.41, 5.74) is 2.28. The molecule has 2 aromatic rings. The van der Waals surface area contributed by atoms with Crippen LogP contribution < -0.4 is 15.4 Å². The predicted octanol–water partition coefficient (Wildman–Crippen LogP) is 2.77. The molecule has 0 heterocycles. The zero-order valence-corrected chi connectivity index (χ0v) is 15.5. The van der Waals surface area contributed by atoms with Crippen molar-refractivity contribution in [2.45, 2.75) is 20.8 Å². The largest absolute Gasteiger partial charge is 0.494 e. The first kappa shape index (κ1) is 20.0. The zero-order chi connectivity index (χ0) is 20.0. The molecule has 0 bridgehead atoms. The highest BCUT2D eigenvalue weighted by Crippen LogP contribution is 2.20. The lowest BCUT2D eigenvalue weighted by Crippen LogP contribution is -2.33. The molecule has 0 saturated heterocycles. The van der Waals surface area contributed by atoms with E-state index in [-0.39, 0.29) is 18.0 Å². The van der Waals surface area contributed by atoms with Crippen molar-refractivity contribution in [3.8, 4) is 5.75 Å². The number of anilines is 1. The Bertz CT molecular complexity index is 859. The molecule has 0 radical (unpaired) electrons. The second-order valence-electron chi connectivity index (χ2n) is 5.98. The summed E-state index contributed by atoms with van der Waals surface area (Å²) in [5.74, 6) is -1.24. The minimum atomic E-state index is -1.06. The number of ether oxygens (including phenoxy) is 1. The van der Waals surface area contributed by atoms with Crippen LogP contribution in [0.2, 0.25) is 0 Å². The van der Waals surface area contributed by atoms with Crippen LogP contribution in [0.4, 0.5) is 5.69 Å². The molecular weight excluding hydrogens is 348 g/mol. The monoisotopic (exact) mass is 370 g/mol.